The molecule has 0 atom stereocenters. The average molecular weight is 124 g/mol. The third kappa shape index (κ3) is 0.937. The van der Waals surface area contributed by atoms with Crippen molar-refractivity contribution in [2.24, 2.45) is 0 Å². The molecule has 0 spiro atoms. The zero-order valence-corrected chi connectivity index (χ0v) is 4.92. The van der Waals surface area contributed by atoms with Crippen molar-refractivity contribution in [3.05, 3.63) is 18.0 Å². The molecule has 1 radical (unpaired) electrons. The summed E-state index contributed by atoms with van der Waals surface area (Å²) in [6, 6.07) is 2.33. The van der Waals surface area contributed by atoms with Crippen molar-refractivity contribution in [1.29, 1.82) is 0 Å². The van der Waals surface area contributed by atoms with Gasteiger partial charge in [-0.3, -0.25) is 4.98 Å². The van der Waals surface area contributed by atoms with E-state index in [0.717, 1.165) is 0 Å². The Kier molecular flexibility index (Phi) is 1.26. The van der Waals surface area contributed by atoms with Gasteiger partial charge in [-0.15, -0.1) is 0 Å². The molecule has 0 saturated carbocycles. The highest BCUT2D eigenvalue weighted by Crippen LogP contribution is 2.24. The molecule has 0 saturated heterocycles. The van der Waals surface area contributed by atoms with Crippen molar-refractivity contribution in [2.45, 2.75) is 6.92 Å². The fraction of sp³-hybridized carbons (Fsp3) is 0.167. The summed E-state index contributed by atoms with van der Waals surface area (Å²) < 4.78 is 0. The summed E-state index contributed by atoms with van der Waals surface area (Å²) >= 11 is 0. The molecule has 9 heavy (non-hydrogen) atoms. The van der Waals surface area contributed by atoms with Crippen LogP contribution in [0.25, 0.3) is 0 Å². The highest BCUT2D eigenvalue weighted by molar-refractivity contribution is 5.37. The number of rotatable bonds is 0. The van der Waals surface area contributed by atoms with Crippen LogP contribution in [-0.4, -0.2) is 15.2 Å². The normalized spacial score (nSPS) is 9.44. The van der Waals surface area contributed by atoms with Gasteiger partial charge in [0, 0.05) is 6.20 Å². The first-order valence-corrected chi connectivity index (χ1v) is 2.47. The Hall–Kier alpha value is -1.25. The van der Waals surface area contributed by atoms with E-state index in [2.05, 4.69) is 11.1 Å². The Morgan fingerprint density at radius 2 is 2.22 bits per heavy atom. The molecule has 3 heteroatoms. The van der Waals surface area contributed by atoms with Crippen LogP contribution < -0.4 is 0 Å². The molecule has 1 heterocycles. The maximum Gasteiger partial charge on any atom is 0.179 e. The molecule has 1 rings (SSSR count). The van der Waals surface area contributed by atoms with E-state index < -0.39 is 0 Å². The van der Waals surface area contributed by atoms with Crippen LogP contribution >= 0.6 is 0 Å². The zero-order chi connectivity index (χ0) is 6.85. The van der Waals surface area contributed by atoms with Crippen molar-refractivity contribution in [1.82, 2.24) is 4.98 Å². The predicted molar refractivity (Wildman–Crippen MR) is 31.1 cm³/mol. The highest BCUT2D eigenvalue weighted by atomic mass is 16.3. The van der Waals surface area contributed by atoms with E-state index in [-0.39, 0.29) is 11.5 Å². The lowest BCUT2D eigenvalue weighted by Crippen LogP contribution is -1.79. The Labute approximate surface area is 52.6 Å². The summed E-state index contributed by atoms with van der Waals surface area (Å²) in [4.78, 5) is 3.67. The molecule has 0 aliphatic carbocycles. The fourth-order valence-electron chi connectivity index (χ4n) is 0.491. The van der Waals surface area contributed by atoms with Gasteiger partial charge in [-0.05, 0) is 6.92 Å². The van der Waals surface area contributed by atoms with Gasteiger partial charge in [-0.2, -0.15) is 0 Å². The number of nitrogens with zero attached hydrogens (tertiary/aromatic N) is 1. The maximum atomic E-state index is 8.86. The lowest BCUT2D eigenvalue weighted by atomic mass is 10.3. The Balaban J connectivity index is 3.25. The minimum atomic E-state index is -0.248. The van der Waals surface area contributed by atoms with Gasteiger partial charge in [0.15, 0.2) is 11.5 Å². The quantitative estimate of drug-likeness (QED) is 0.532. The Morgan fingerprint density at radius 1 is 1.56 bits per heavy atom. The second kappa shape index (κ2) is 1.93. The number of hydrogen-bond donors (Lipinski definition) is 2. The van der Waals surface area contributed by atoms with Gasteiger partial charge in [-0.25, -0.2) is 0 Å². The van der Waals surface area contributed by atoms with Gasteiger partial charge in [-0.1, -0.05) is 0 Å². The van der Waals surface area contributed by atoms with Gasteiger partial charge < -0.3 is 10.2 Å². The number of pyridine rings is 1. The maximum absolute atomic E-state index is 8.86. The summed E-state index contributed by atoms with van der Waals surface area (Å²) in [6.07, 6.45) is 1.31. The van der Waals surface area contributed by atoms with Crippen molar-refractivity contribution < 1.29 is 10.2 Å². The van der Waals surface area contributed by atoms with E-state index in [4.69, 9.17) is 10.2 Å². The molecule has 0 aliphatic rings. The number of aromatic nitrogens is 1. The Bertz CT molecular complexity index is 202. The molecule has 3 nitrogen and oxygen atoms in total. The van der Waals surface area contributed by atoms with Crippen LogP contribution in [0.15, 0.2) is 6.20 Å². The number of hydrogen-bond acceptors (Lipinski definition) is 3. The van der Waals surface area contributed by atoms with Gasteiger partial charge in [0.05, 0.1) is 11.8 Å². The van der Waals surface area contributed by atoms with Gasteiger partial charge in [0.25, 0.3) is 0 Å². The lowest BCUT2D eigenvalue weighted by molar-refractivity contribution is 0.397. The average Bonchev–Trinajstić information content (AvgIpc) is 1.83. The third-order valence-electron chi connectivity index (χ3n) is 1.03. The Morgan fingerprint density at radius 3 is 2.67 bits per heavy atom. The molecule has 0 aliphatic heterocycles. The van der Waals surface area contributed by atoms with Gasteiger partial charge >= 0.3 is 0 Å². The molecular formula is C6H6NO2. The molecular weight excluding hydrogens is 118 g/mol. The topological polar surface area (TPSA) is 53.4 Å². The molecule has 0 unspecified atom stereocenters. The van der Waals surface area contributed by atoms with Crippen LogP contribution in [0.5, 0.6) is 11.5 Å². The smallest absolute Gasteiger partial charge is 0.179 e. The van der Waals surface area contributed by atoms with Crippen LogP contribution in [0.2, 0.25) is 0 Å². The summed E-state index contributed by atoms with van der Waals surface area (Å²) in [7, 11) is 0. The van der Waals surface area contributed by atoms with Crippen molar-refractivity contribution in [2.75, 3.05) is 0 Å². The fourth-order valence-corrected chi connectivity index (χ4v) is 0.491. The largest absolute Gasteiger partial charge is 0.504 e. The van der Waals surface area contributed by atoms with Crippen molar-refractivity contribution in [3.63, 3.8) is 0 Å². The van der Waals surface area contributed by atoms with E-state index in [1.807, 2.05) is 0 Å². The van der Waals surface area contributed by atoms with Crippen LogP contribution in [0.1, 0.15) is 5.69 Å². The second-order valence-corrected chi connectivity index (χ2v) is 1.69. The first kappa shape index (κ1) is 5.88. The monoisotopic (exact) mass is 124 g/mol. The second-order valence-electron chi connectivity index (χ2n) is 1.69. The molecule has 0 fully saturated rings. The standard InChI is InChI=1S/C6H6NO2/c1-4-6(9)5(8)2-3-7-4/h3,9H,1H3,(H,7,8). The predicted octanol–water partition coefficient (Wildman–Crippen LogP) is 0.601. The minimum absolute atomic E-state index is 0.197. The molecule has 2 N–H and O–H groups in total. The van der Waals surface area contributed by atoms with Gasteiger partial charge in [0.1, 0.15) is 0 Å². The summed E-state index contributed by atoms with van der Waals surface area (Å²) in [5.41, 5.74) is 0.409. The first-order valence-electron chi connectivity index (χ1n) is 2.47. The SMILES string of the molecule is Cc1nc[c]c(O)c1O. The van der Waals surface area contributed by atoms with E-state index >= 15 is 0 Å². The van der Waals surface area contributed by atoms with Crippen LogP contribution in [0.4, 0.5) is 0 Å². The minimum Gasteiger partial charge on any atom is -0.504 e. The molecule has 1 aromatic heterocycles. The van der Waals surface area contributed by atoms with Gasteiger partial charge in [0.2, 0.25) is 0 Å². The molecule has 0 bridgehead atoms. The summed E-state index contributed by atoms with van der Waals surface area (Å²) in [5.74, 6) is -0.444. The highest BCUT2D eigenvalue weighted by Gasteiger charge is 2.00. The number of aryl methyl sites for hydroxylation is 1. The molecule has 1 aromatic rings. The van der Waals surface area contributed by atoms with E-state index in [1.165, 1.54) is 6.20 Å². The third-order valence-corrected chi connectivity index (χ3v) is 1.03. The molecule has 47 valence electrons. The summed E-state index contributed by atoms with van der Waals surface area (Å²) in [5, 5.41) is 17.6. The summed E-state index contributed by atoms with van der Waals surface area (Å²) in [6.45, 7) is 1.60. The molecule has 0 amide bonds. The van der Waals surface area contributed by atoms with Crippen LogP contribution in [0.3, 0.4) is 0 Å². The molecule has 0 aromatic carbocycles. The zero-order valence-electron chi connectivity index (χ0n) is 4.92. The lowest BCUT2D eigenvalue weighted by Gasteiger charge is -1.96. The first-order chi connectivity index (χ1) is 4.22. The van der Waals surface area contributed by atoms with E-state index in [9.17, 15) is 0 Å². The van der Waals surface area contributed by atoms with E-state index in [1.54, 1.807) is 6.92 Å². The number of aromatic hydroxyl groups is 2. The van der Waals surface area contributed by atoms with Crippen molar-refractivity contribution >= 4 is 0 Å². The van der Waals surface area contributed by atoms with Crippen LogP contribution in [0, 0.1) is 13.0 Å². The van der Waals surface area contributed by atoms with E-state index in [0.29, 0.717) is 5.69 Å². The van der Waals surface area contributed by atoms with Crippen molar-refractivity contribution in [3.8, 4) is 11.5 Å². The van der Waals surface area contributed by atoms with Crippen LogP contribution in [-0.2, 0) is 0 Å².